The van der Waals surface area contributed by atoms with E-state index in [0.717, 1.165) is 16.7 Å². The SMILES string of the molecule is O=C(CCC(=O)N/N=C/c1cccc(OCc2ccccc2)c1)NCc1ccccc1. The van der Waals surface area contributed by atoms with E-state index in [-0.39, 0.29) is 24.7 Å². The summed E-state index contributed by atoms with van der Waals surface area (Å²) in [5, 5.41) is 6.76. The van der Waals surface area contributed by atoms with Crippen molar-refractivity contribution < 1.29 is 14.3 Å². The predicted octanol–water partition coefficient (Wildman–Crippen LogP) is 3.81. The van der Waals surface area contributed by atoms with E-state index in [4.69, 9.17) is 4.74 Å². The van der Waals surface area contributed by atoms with Gasteiger partial charge in [0.1, 0.15) is 12.4 Å². The monoisotopic (exact) mass is 415 g/mol. The summed E-state index contributed by atoms with van der Waals surface area (Å²) in [5.74, 6) is 0.225. The highest BCUT2D eigenvalue weighted by atomic mass is 16.5. The predicted molar refractivity (Wildman–Crippen MR) is 120 cm³/mol. The number of benzene rings is 3. The van der Waals surface area contributed by atoms with Crippen LogP contribution in [-0.4, -0.2) is 18.0 Å². The van der Waals surface area contributed by atoms with Crippen LogP contribution in [0.2, 0.25) is 0 Å². The Morgan fingerprint density at radius 2 is 1.48 bits per heavy atom. The molecule has 0 aliphatic rings. The maximum Gasteiger partial charge on any atom is 0.240 e. The smallest absolute Gasteiger partial charge is 0.240 e. The maximum absolute atomic E-state index is 11.9. The topological polar surface area (TPSA) is 79.8 Å². The van der Waals surface area contributed by atoms with Crippen molar-refractivity contribution in [1.29, 1.82) is 0 Å². The molecule has 2 N–H and O–H groups in total. The first-order valence-electron chi connectivity index (χ1n) is 10.1. The van der Waals surface area contributed by atoms with Gasteiger partial charge in [-0.05, 0) is 28.8 Å². The summed E-state index contributed by atoms with van der Waals surface area (Å²) in [7, 11) is 0. The van der Waals surface area contributed by atoms with Crippen molar-refractivity contribution in [2.45, 2.75) is 26.0 Å². The van der Waals surface area contributed by atoms with E-state index in [1.807, 2.05) is 84.9 Å². The highest BCUT2D eigenvalue weighted by molar-refractivity contribution is 5.85. The van der Waals surface area contributed by atoms with Crippen molar-refractivity contribution in [2.75, 3.05) is 0 Å². The summed E-state index contributed by atoms with van der Waals surface area (Å²) in [5.41, 5.74) is 5.34. The third-order valence-electron chi connectivity index (χ3n) is 4.42. The van der Waals surface area contributed by atoms with Crippen LogP contribution >= 0.6 is 0 Å². The maximum atomic E-state index is 11.9. The summed E-state index contributed by atoms with van der Waals surface area (Å²) in [4.78, 5) is 23.8. The molecule has 3 rings (SSSR count). The van der Waals surface area contributed by atoms with Gasteiger partial charge in [-0.15, -0.1) is 0 Å². The van der Waals surface area contributed by atoms with Crippen LogP contribution in [0.1, 0.15) is 29.5 Å². The molecule has 2 amide bonds. The lowest BCUT2D eigenvalue weighted by Gasteiger charge is -2.07. The lowest BCUT2D eigenvalue weighted by Crippen LogP contribution is -2.25. The molecule has 0 fully saturated rings. The van der Waals surface area contributed by atoms with E-state index >= 15 is 0 Å². The molecule has 0 aliphatic carbocycles. The first-order chi connectivity index (χ1) is 15.2. The zero-order valence-electron chi connectivity index (χ0n) is 17.2. The van der Waals surface area contributed by atoms with Gasteiger partial charge in [-0.2, -0.15) is 5.10 Å². The Hall–Kier alpha value is -3.93. The minimum Gasteiger partial charge on any atom is -0.489 e. The number of hydrogen-bond donors (Lipinski definition) is 2. The van der Waals surface area contributed by atoms with Gasteiger partial charge in [0.25, 0.3) is 0 Å². The lowest BCUT2D eigenvalue weighted by molar-refractivity contribution is -0.126. The average molecular weight is 415 g/mol. The summed E-state index contributed by atoms with van der Waals surface area (Å²) < 4.78 is 5.79. The molecule has 0 saturated heterocycles. The van der Waals surface area contributed by atoms with Gasteiger partial charge in [-0.1, -0.05) is 72.8 Å². The third kappa shape index (κ3) is 8.14. The number of hydrogen-bond acceptors (Lipinski definition) is 4. The first kappa shape index (κ1) is 21.8. The van der Waals surface area contributed by atoms with Crippen LogP contribution in [-0.2, 0) is 22.7 Å². The molecule has 0 atom stereocenters. The number of amides is 2. The molecule has 0 bridgehead atoms. The van der Waals surface area contributed by atoms with Gasteiger partial charge in [0.15, 0.2) is 0 Å². The van der Waals surface area contributed by atoms with Crippen molar-refractivity contribution in [3.8, 4) is 5.75 Å². The van der Waals surface area contributed by atoms with E-state index in [2.05, 4.69) is 15.8 Å². The molecule has 6 nitrogen and oxygen atoms in total. The zero-order valence-corrected chi connectivity index (χ0v) is 17.2. The lowest BCUT2D eigenvalue weighted by atomic mass is 10.2. The summed E-state index contributed by atoms with van der Waals surface area (Å²) in [6.45, 7) is 0.923. The molecule has 0 aromatic heterocycles. The number of nitrogens with one attached hydrogen (secondary N) is 2. The van der Waals surface area contributed by atoms with E-state index in [9.17, 15) is 9.59 Å². The van der Waals surface area contributed by atoms with Gasteiger partial charge in [0, 0.05) is 19.4 Å². The second-order valence-corrected chi connectivity index (χ2v) is 6.90. The quantitative estimate of drug-likeness (QED) is 0.390. The molecule has 0 saturated carbocycles. The number of carbonyl (C=O) groups excluding carboxylic acids is 2. The fourth-order valence-corrected chi connectivity index (χ4v) is 2.77. The number of rotatable bonds is 10. The Bertz CT molecular complexity index is 1000. The Morgan fingerprint density at radius 1 is 0.806 bits per heavy atom. The van der Waals surface area contributed by atoms with E-state index < -0.39 is 0 Å². The Kier molecular flexibility index (Phi) is 8.37. The Balaban J connectivity index is 1.37. The van der Waals surface area contributed by atoms with Crippen molar-refractivity contribution >= 4 is 18.0 Å². The largest absolute Gasteiger partial charge is 0.489 e. The fraction of sp³-hybridized carbons (Fsp3) is 0.160. The highest BCUT2D eigenvalue weighted by Crippen LogP contribution is 2.14. The number of nitrogens with zero attached hydrogens (tertiary/aromatic N) is 1. The second-order valence-electron chi connectivity index (χ2n) is 6.90. The number of carbonyl (C=O) groups is 2. The minimum atomic E-state index is -0.317. The molecule has 0 unspecified atom stereocenters. The van der Waals surface area contributed by atoms with Gasteiger partial charge in [-0.3, -0.25) is 9.59 Å². The van der Waals surface area contributed by atoms with Crippen LogP contribution in [0.5, 0.6) is 5.75 Å². The Labute approximate surface area is 182 Å². The average Bonchev–Trinajstić information content (AvgIpc) is 2.82. The second kappa shape index (κ2) is 11.9. The van der Waals surface area contributed by atoms with Crippen molar-refractivity contribution in [3.63, 3.8) is 0 Å². The van der Waals surface area contributed by atoms with Gasteiger partial charge in [0.05, 0.1) is 6.21 Å². The molecule has 31 heavy (non-hydrogen) atoms. The molecule has 158 valence electrons. The number of ether oxygens (including phenoxy) is 1. The Morgan fingerprint density at radius 3 is 2.23 bits per heavy atom. The molecule has 0 radical (unpaired) electrons. The van der Waals surface area contributed by atoms with Crippen LogP contribution in [0.4, 0.5) is 0 Å². The summed E-state index contributed by atoms with van der Waals surface area (Å²) >= 11 is 0. The highest BCUT2D eigenvalue weighted by Gasteiger charge is 2.06. The van der Waals surface area contributed by atoms with Gasteiger partial charge in [0.2, 0.25) is 11.8 Å². The van der Waals surface area contributed by atoms with Crippen LogP contribution in [0, 0.1) is 0 Å². The molecule has 3 aromatic carbocycles. The van der Waals surface area contributed by atoms with Crippen molar-refractivity contribution in [2.24, 2.45) is 5.10 Å². The molecule has 0 spiro atoms. The molecular weight excluding hydrogens is 390 g/mol. The summed E-state index contributed by atoms with van der Waals surface area (Å²) in [6, 6.07) is 27.0. The summed E-state index contributed by atoms with van der Waals surface area (Å²) in [6.07, 6.45) is 1.72. The standard InChI is InChI=1S/C25H25N3O3/c29-24(26-17-20-8-3-1-4-9-20)14-15-25(30)28-27-18-22-12-7-13-23(16-22)31-19-21-10-5-2-6-11-21/h1-13,16,18H,14-15,17,19H2,(H,26,29)(H,28,30)/b27-18+. The fourth-order valence-electron chi connectivity index (χ4n) is 2.77. The van der Waals surface area contributed by atoms with E-state index in [1.54, 1.807) is 6.21 Å². The molecule has 0 aliphatic heterocycles. The van der Waals surface area contributed by atoms with Crippen LogP contribution in [0.15, 0.2) is 90.0 Å². The zero-order chi connectivity index (χ0) is 21.7. The van der Waals surface area contributed by atoms with Crippen LogP contribution in [0.25, 0.3) is 0 Å². The van der Waals surface area contributed by atoms with E-state index in [0.29, 0.717) is 18.9 Å². The normalized spacial score (nSPS) is 10.6. The molecular formula is C25H25N3O3. The van der Waals surface area contributed by atoms with E-state index in [1.165, 1.54) is 0 Å². The van der Waals surface area contributed by atoms with Gasteiger partial charge >= 0.3 is 0 Å². The third-order valence-corrected chi connectivity index (χ3v) is 4.42. The molecule has 0 heterocycles. The molecule has 6 heteroatoms. The van der Waals surface area contributed by atoms with Crippen LogP contribution < -0.4 is 15.5 Å². The minimum absolute atomic E-state index is 0.0676. The number of hydrazone groups is 1. The van der Waals surface area contributed by atoms with Crippen molar-refractivity contribution in [3.05, 3.63) is 102 Å². The van der Waals surface area contributed by atoms with Crippen molar-refractivity contribution in [1.82, 2.24) is 10.7 Å². The molecule has 3 aromatic rings. The van der Waals surface area contributed by atoms with Gasteiger partial charge in [-0.25, -0.2) is 5.43 Å². The first-order valence-corrected chi connectivity index (χ1v) is 10.1. The van der Waals surface area contributed by atoms with Crippen LogP contribution in [0.3, 0.4) is 0 Å². The van der Waals surface area contributed by atoms with Gasteiger partial charge < -0.3 is 10.1 Å².